The van der Waals surface area contributed by atoms with Crippen LogP contribution in [0.3, 0.4) is 0 Å². The summed E-state index contributed by atoms with van der Waals surface area (Å²) in [6, 6.07) is 12.1. The minimum Gasteiger partial charge on any atom is -0.508 e. The fourth-order valence-electron chi connectivity index (χ4n) is 6.37. The van der Waals surface area contributed by atoms with Crippen molar-refractivity contribution in [3.63, 3.8) is 0 Å². The van der Waals surface area contributed by atoms with Crippen LogP contribution in [0.15, 0.2) is 36.4 Å². The zero-order valence-electron chi connectivity index (χ0n) is 32.6. The molecular formula is C43H64O5. The van der Waals surface area contributed by atoms with Gasteiger partial charge in [-0.25, -0.2) is 0 Å². The average molecular weight is 661 g/mol. The van der Waals surface area contributed by atoms with Gasteiger partial charge in [-0.1, -0.05) is 121 Å². The molecule has 0 aromatic heterocycles. The molecule has 3 rings (SSSR count). The highest BCUT2D eigenvalue weighted by atomic mass is 16.4. The van der Waals surface area contributed by atoms with Gasteiger partial charge in [0.05, 0.1) is 0 Å². The van der Waals surface area contributed by atoms with Crippen molar-refractivity contribution in [1.82, 2.24) is 0 Å². The summed E-state index contributed by atoms with van der Waals surface area (Å²) < 4.78 is 0. The molecule has 0 aliphatic heterocycles. The van der Waals surface area contributed by atoms with E-state index in [1.54, 1.807) is 0 Å². The zero-order chi connectivity index (χ0) is 37.2. The summed E-state index contributed by atoms with van der Waals surface area (Å²) in [5, 5.41) is 40.5. The molecule has 0 spiro atoms. The molecule has 0 atom stereocenters. The molecule has 4 N–H and O–H groups in total. The van der Waals surface area contributed by atoms with E-state index in [-0.39, 0.29) is 34.0 Å². The summed E-state index contributed by atoms with van der Waals surface area (Å²) in [6.45, 7) is 31.5. The van der Waals surface area contributed by atoms with Gasteiger partial charge in [0.2, 0.25) is 0 Å². The number of aliphatic carboxylic acids is 1. The monoisotopic (exact) mass is 660 g/mol. The first-order chi connectivity index (χ1) is 21.7. The topological polar surface area (TPSA) is 98.0 Å². The van der Waals surface area contributed by atoms with Crippen LogP contribution in [0.5, 0.6) is 17.2 Å². The van der Waals surface area contributed by atoms with E-state index in [1.165, 1.54) is 11.1 Å². The lowest BCUT2D eigenvalue weighted by Crippen LogP contribution is -2.18. The molecule has 0 saturated heterocycles. The molecule has 0 aliphatic carbocycles. The Kier molecular flexibility index (Phi) is 12.7. The summed E-state index contributed by atoms with van der Waals surface area (Å²) in [6.07, 6.45) is 2.70. The van der Waals surface area contributed by atoms with Crippen LogP contribution in [0.4, 0.5) is 0 Å². The molecule has 0 saturated carbocycles. The molecule has 0 unspecified atom stereocenters. The second-order valence-corrected chi connectivity index (χ2v) is 17.7. The van der Waals surface area contributed by atoms with Crippen molar-refractivity contribution in [2.24, 2.45) is 0 Å². The Bertz CT molecular complexity index is 1480. The first kappa shape index (κ1) is 40.7. The third-order valence-electron chi connectivity index (χ3n) is 9.13. The Morgan fingerprint density at radius 3 is 1.25 bits per heavy atom. The quantitative estimate of drug-likeness (QED) is 0.202. The Morgan fingerprint density at radius 1 is 0.604 bits per heavy atom. The fraction of sp³-hybridized carbons (Fsp3) is 0.558. The van der Waals surface area contributed by atoms with Crippen LogP contribution in [0, 0.1) is 13.8 Å². The third-order valence-corrected chi connectivity index (χ3v) is 9.13. The van der Waals surface area contributed by atoms with E-state index in [0.29, 0.717) is 23.7 Å². The van der Waals surface area contributed by atoms with Gasteiger partial charge in [-0.05, 0) is 111 Å². The SMILES string of the molecule is CC(C)(C)c1cc(CCC(=O)O)cc(C(C)(C)C)c1O.CCCC(c1cc(C(C)(C)C)c(O)cc1C)c1cc(C(C)(C)C)c(O)cc1C. The van der Waals surface area contributed by atoms with Gasteiger partial charge in [-0.2, -0.15) is 0 Å². The molecule has 48 heavy (non-hydrogen) atoms. The van der Waals surface area contributed by atoms with E-state index in [4.69, 9.17) is 5.11 Å². The predicted molar refractivity (Wildman–Crippen MR) is 201 cm³/mol. The summed E-state index contributed by atoms with van der Waals surface area (Å²) in [5.41, 5.74) is 8.90. The van der Waals surface area contributed by atoms with Crippen molar-refractivity contribution in [1.29, 1.82) is 0 Å². The largest absolute Gasteiger partial charge is 0.508 e. The van der Waals surface area contributed by atoms with Gasteiger partial charge in [0.15, 0.2) is 0 Å². The lowest BCUT2D eigenvalue weighted by molar-refractivity contribution is -0.136. The van der Waals surface area contributed by atoms with Crippen LogP contribution in [0.1, 0.15) is 165 Å². The van der Waals surface area contributed by atoms with Crippen LogP contribution >= 0.6 is 0 Å². The van der Waals surface area contributed by atoms with E-state index in [2.05, 4.69) is 116 Å². The lowest BCUT2D eigenvalue weighted by atomic mass is 9.76. The lowest BCUT2D eigenvalue weighted by Gasteiger charge is -2.29. The van der Waals surface area contributed by atoms with Crippen molar-refractivity contribution in [3.05, 3.63) is 86.5 Å². The number of carboxylic acid groups (broad SMARTS) is 1. The van der Waals surface area contributed by atoms with Gasteiger partial charge in [-0.3, -0.25) is 4.79 Å². The number of hydrogen-bond acceptors (Lipinski definition) is 4. The molecule has 266 valence electrons. The van der Waals surface area contributed by atoms with E-state index >= 15 is 0 Å². The molecule has 5 nitrogen and oxygen atoms in total. The molecule has 3 aromatic carbocycles. The van der Waals surface area contributed by atoms with Crippen molar-refractivity contribution >= 4 is 5.97 Å². The maximum Gasteiger partial charge on any atom is 0.303 e. The van der Waals surface area contributed by atoms with Crippen LogP contribution in [-0.2, 0) is 32.9 Å². The molecule has 0 radical (unpaired) electrons. The van der Waals surface area contributed by atoms with Crippen molar-refractivity contribution in [2.75, 3.05) is 0 Å². The number of benzene rings is 3. The Hall–Kier alpha value is -3.47. The van der Waals surface area contributed by atoms with Crippen molar-refractivity contribution in [3.8, 4) is 17.2 Å². The van der Waals surface area contributed by atoms with E-state index < -0.39 is 5.97 Å². The molecule has 0 fully saturated rings. The van der Waals surface area contributed by atoms with Gasteiger partial charge >= 0.3 is 5.97 Å². The average Bonchev–Trinajstić information content (AvgIpc) is 2.89. The highest BCUT2D eigenvalue weighted by Gasteiger charge is 2.28. The highest BCUT2D eigenvalue weighted by Crippen LogP contribution is 2.43. The second kappa shape index (κ2) is 15.0. The highest BCUT2D eigenvalue weighted by molar-refractivity contribution is 5.67. The second-order valence-electron chi connectivity index (χ2n) is 17.7. The molecular weight excluding hydrogens is 596 g/mol. The molecule has 0 aliphatic rings. The maximum atomic E-state index is 10.8. The summed E-state index contributed by atoms with van der Waals surface area (Å²) >= 11 is 0. The molecule has 5 heteroatoms. The van der Waals surface area contributed by atoms with Gasteiger partial charge < -0.3 is 20.4 Å². The normalized spacial score (nSPS) is 12.6. The zero-order valence-corrected chi connectivity index (χ0v) is 32.6. The van der Waals surface area contributed by atoms with Gasteiger partial charge in [0.1, 0.15) is 17.2 Å². The van der Waals surface area contributed by atoms with Crippen molar-refractivity contribution < 1.29 is 25.2 Å². The standard InChI is InChI=1S/C26H38O2.C17H26O3/c1-10-11-18(19-14-21(25(4,5)6)23(27)12-16(19)2)20-15-22(26(7,8)9)24(28)13-17(20)3;1-16(2,3)12-9-11(7-8-14(18)19)10-13(15(12)20)17(4,5)6/h12-15,18,27-28H,10-11H2,1-9H3;9-10,20H,7-8H2,1-6H3,(H,18,19). The number of carboxylic acids is 1. The van der Waals surface area contributed by atoms with Gasteiger partial charge in [-0.15, -0.1) is 0 Å². The van der Waals surface area contributed by atoms with E-state index in [0.717, 1.165) is 51.8 Å². The summed E-state index contributed by atoms with van der Waals surface area (Å²) in [5.74, 6) is 0.536. The number of aromatic hydroxyl groups is 3. The number of phenols is 3. The van der Waals surface area contributed by atoms with Crippen molar-refractivity contribution in [2.45, 2.75) is 157 Å². The van der Waals surface area contributed by atoms with Crippen LogP contribution in [0.2, 0.25) is 0 Å². The number of aryl methyl sites for hydroxylation is 3. The minimum atomic E-state index is -0.798. The number of carbonyl (C=O) groups is 1. The predicted octanol–water partition coefficient (Wildman–Crippen LogP) is 11.2. The van der Waals surface area contributed by atoms with E-state index in [1.807, 2.05) is 24.3 Å². The van der Waals surface area contributed by atoms with E-state index in [9.17, 15) is 20.1 Å². The smallest absolute Gasteiger partial charge is 0.303 e. The van der Waals surface area contributed by atoms with Crippen LogP contribution in [-0.4, -0.2) is 26.4 Å². The number of hydrogen-bond donors (Lipinski definition) is 4. The van der Waals surface area contributed by atoms with Gasteiger partial charge in [0.25, 0.3) is 0 Å². The first-order valence-corrected chi connectivity index (χ1v) is 17.5. The Morgan fingerprint density at radius 2 is 0.958 bits per heavy atom. The van der Waals surface area contributed by atoms with Crippen LogP contribution < -0.4 is 0 Å². The van der Waals surface area contributed by atoms with Gasteiger partial charge in [0, 0.05) is 12.3 Å². The minimum absolute atomic E-state index is 0.109. The summed E-state index contributed by atoms with van der Waals surface area (Å²) in [4.78, 5) is 10.8. The first-order valence-electron chi connectivity index (χ1n) is 17.5. The summed E-state index contributed by atoms with van der Waals surface area (Å²) in [7, 11) is 0. The molecule has 0 heterocycles. The Labute approximate surface area is 291 Å². The maximum absolute atomic E-state index is 10.8. The fourth-order valence-corrected chi connectivity index (χ4v) is 6.37. The number of phenolic OH excluding ortho intramolecular Hbond substituents is 3. The third kappa shape index (κ3) is 10.3. The number of rotatable bonds is 7. The molecule has 0 amide bonds. The molecule has 3 aromatic rings. The Balaban J connectivity index is 0.000000353. The molecule has 0 bridgehead atoms. The van der Waals surface area contributed by atoms with Crippen LogP contribution in [0.25, 0.3) is 0 Å².